The number of carboxylic acids is 1. The Kier molecular flexibility index (Phi) is 6.33. The molecule has 0 amide bonds. The average molecular weight is 497 g/mol. The van der Waals surface area contributed by atoms with Gasteiger partial charge < -0.3 is 5.11 Å². The predicted octanol–water partition coefficient (Wildman–Crippen LogP) is 7.42. The molecule has 0 fully saturated rings. The summed E-state index contributed by atoms with van der Waals surface area (Å²) in [5.74, 6) is -0.748. The molecule has 180 valence electrons. The fourth-order valence-electron chi connectivity index (χ4n) is 4.77. The Hall–Kier alpha value is -3.97. The fourth-order valence-corrected chi connectivity index (χ4v) is 5.67. The van der Waals surface area contributed by atoms with Crippen molar-refractivity contribution in [3.8, 4) is 0 Å². The number of hydrogen-bond acceptors (Lipinski definition) is 5. The summed E-state index contributed by atoms with van der Waals surface area (Å²) < 4.78 is 0. The van der Waals surface area contributed by atoms with Crippen LogP contribution >= 0.6 is 11.8 Å². The Morgan fingerprint density at radius 2 is 1.86 bits per heavy atom. The van der Waals surface area contributed by atoms with Crippen LogP contribution in [0.15, 0.2) is 76.5 Å². The summed E-state index contributed by atoms with van der Waals surface area (Å²) in [7, 11) is 0. The number of aryl methyl sites for hydroxylation is 1. The van der Waals surface area contributed by atoms with Crippen molar-refractivity contribution in [3.05, 3.63) is 105 Å². The van der Waals surface area contributed by atoms with Gasteiger partial charge in [0.25, 0.3) is 5.69 Å². The highest BCUT2D eigenvalue weighted by molar-refractivity contribution is 7.99. The predicted molar refractivity (Wildman–Crippen MR) is 142 cm³/mol. The number of carboxylic acid groups (broad SMARTS) is 1. The third kappa shape index (κ3) is 4.62. The molecular weight excluding hydrogens is 472 g/mol. The van der Waals surface area contributed by atoms with Crippen molar-refractivity contribution in [1.82, 2.24) is 4.98 Å². The van der Waals surface area contributed by atoms with E-state index in [-0.39, 0.29) is 16.5 Å². The van der Waals surface area contributed by atoms with Crippen molar-refractivity contribution in [3.63, 3.8) is 0 Å². The van der Waals surface area contributed by atoms with Crippen LogP contribution in [-0.4, -0.2) is 21.0 Å². The van der Waals surface area contributed by atoms with Gasteiger partial charge in [0.2, 0.25) is 0 Å². The molecule has 1 atom stereocenters. The van der Waals surface area contributed by atoms with Crippen molar-refractivity contribution in [1.29, 1.82) is 0 Å². The van der Waals surface area contributed by atoms with Gasteiger partial charge in [0, 0.05) is 16.3 Å². The number of rotatable bonds is 5. The molecule has 3 aromatic carbocycles. The van der Waals surface area contributed by atoms with Gasteiger partial charge in [-0.2, -0.15) is 0 Å². The number of aromatic carboxylic acids is 1. The highest BCUT2D eigenvalue weighted by Gasteiger charge is 2.28. The quantitative estimate of drug-likeness (QED) is 0.228. The molecule has 4 aromatic rings. The lowest BCUT2D eigenvalue weighted by atomic mass is 9.80. The second-order valence-electron chi connectivity index (χ2n) is 9.22. The number of carbonyl (C=O) groups is 1. The minimum atomic E-state index is -0.966. The lowest BCUT2D eigenvalue weighted by Gasteiger charge is -2.26. The molecule has 6 nitrogen and oxygen atoms in total. The lowest BCUT2D eigenvalue weighted by Crippen LogP contribution is -2.17. The molecule has 36 heavy (non-hydrogen) atoms. The van der Waals surface area contributed by atoms with E-state index in [1.54, 1.807) is 18.2 Å². The molecule has 1 aliphatic rings. The summed E-state index contributed by atoms with van der Waals surface area (Å²) in [6.45, 7) is 4.09. The van der Waals surface area contributed by atoms with Crippen molar-refractivity contribution < 1.29 is 14.8 Å². The lowest BCUT2D eigenvalue weighted by molar-refractivity contribution is -0.387. The van der Waals surface area contributed by atoms with Crippen LogP contribution < -0.4 is 0 Å². The van der Waals surface area contributed by atoms with E-state index in [1.165, 1.54) is 11.8 Å². The van der Waals surface area contributed by atoms with Crippen molar-refractivity contribution >= 4 is 46.0 Å². The van der Waals surface area contributed by atoms with Crippen molar-refractivity contribution in [2.45, 2.75) is 36.5 Å². The zero-order chi connectivity index (χ0) is 25.4. The van der Waals surface area contributed by atoms with E-state index in [0.29, 0.717) is 45.5 Å². The summed E-state index contributed by atoms with van der Waals surface area (Å²) in [5.41, 5.74) is 5.08. The highest BCUT2D eigenvalue weighted by Crippen LogP contribution is 2.40. The topological polar surface area (TPSA) is 93.3 Å². The van der Waals surface area contributed by atoms with Crippen LogP contribution in [0.25, 0.3) is 22.6 Å². The van der Waals surface area contributed by atoms with Gasteiger partial charge in [0.15, 0.2) is 0 Å². The second-order valence-corrected chi connectivity index (χ2v) is 10.3. The third-order valence-electron chi connectivity index (χ3n) is 6.40. The molecule has 5 rings (SSSR count). The smallest absolute Gasteiger partial charge is 0.336 e. The maximum atomic E-state index is 12.3. The highest BCUT2D eigenvalue weighted by atomic mass is 32.2. The Balaban J connectivity index is 1.60. The van der Waals surface area contributed by atoms with Crippen molar-refractivity contribution in [2.24, 2.45) is 5.92 Å². The number of fused-ring (bicyclic) bond motifs is 2. The number of hydrogen-bond donors (Lipinski definition) is 1. The number of nitrogens with zero attached hydrogens (tertiary/aromatic N) is 2. The van der Waals surface area contributed by atoms with Crippen LogP contribution in [0.2, 0.25) is 0 Å². The Bertz CT molecular complexity index is 1540. The molecule has 1 aliphatic carbocycles. The molecule has 1 unspecified atom stereocenters. The molecule has 1 N–H and O–H groups in total. The monoisotopic (exact) mass is 496 g/mol. The van der Waals surface area contributed by atoms with E-state index in [0.717, 1.165) is 21.6 Å². The van der Waals surface area contributed by atoms with Gasteiger partial charge in [0.05, 0.1) is 26.6 Å². The van der Waals surface area contributed by atoms with Gasteiger partial charge in [-0.05, 0) is 72.7 Å². The largest absolute Gasteiger partial charge is 0.478 e. The van der Waals surface area contributed by atoms with Gasteiger partial charge in [-0.25, -0.2) is 9.78 Å². The summed E-state index contributed by atoms with van der Waals surface area (Å²) in [6.07, 6.45) is 3.25. The number of aromatic nitrogens is 1. The average Bonchev–Trinajstić information content (AvgIpc) is 2.84. The van der Waals surface area contributed by atoms with Crippen LogP contribution in [0.5, 0.6) is 0 Å². The van der Waals surface area contributed by atoms with Crippen molar-refractivity contribution in [2.75, 3.05) is 0 Å². The normalized spacial score (nSPS) is 16.2. The minimum Gasteiger partial charge on any atom is -0.478 e. The van der Waals surface area contributed by atoms with Crippen LogP contribution in [0.4, 0.5) is 5.69 Å². The number of para-hydroxylation sites is 1. The molecule has 0 aliphatic heterocycles. The maximum Gasteiger partial charge on any atom is 0.336 e. The first-order chi connectivity index (χ1) is 17.3. The first kappa shape index (κ1) is 23.8. The van der Waals surface area contributed by atoms with E-state index in [1.807, 2.05) is 61.5 Å². The van der Waals surface area contributed by atoms with Crippen LogP contribution in [0.3, 0.4) is 0 Å². The minimum absolute atomic E-state index is 0.0386. The van der Waals surface area contributed by atoms with E-state index in [2.05, 4.69) is 6.92 Å². The number of nitro groups is 1. The Labute approximate surface area is 212 Å². The number of pyridine rings is 1. The molecule has 1 heterocycles. The van der Waals surface area contributed by atoms with E-state index in [4.69, 9.17) is 4.98 Å². The molecule has 0 saturated heterocycles. The van der Waals surface area contributed by atoms with Gasteiger partial charge in [-0.1, -0.05) is 60.6 Å². The number of allylic oxidation sites excluding steroid dienone is 1. The maximum absolute atomic E-state index is 12.3. The number of benzene rings is 3. The Morgan fingerprint density at radius 3 is 2.58 bits per heavy atom. The molecule has 7 heteroatoms. The first-order valence-electron chi connectivity index (χ1n) is 11.7. The standard InChI is InChI=1S/C29H24N2O4S/c1-17-7-10-21(11-8-17)36-26-12-9-19(16-25(26)31(34)35)15-20-13-18(2)14-23-27(29(32)33)22-5-3-4-6-24(22)30-28(20)23/h3-12,15-16,18H,13-14H2,1-2H3,(H,32,33)/b20-15+. The van der Waals surface area contributed by atoms with E-state index in [9.17, 15) is 20.0 Å². The third-order valence-corrected chi connectivity index (χ3v) is 7.47. The molecule has 0 bridgehead atoms. The van der Waals surface area contributed by atoms with E-state index >= 15 is 0 Å². The van der Waals surface area contributed by atoms with Crippen LogP contribution in [0.1, 0.15) is 46.1 Å². The number of nitro benzene ring substituents is 1. The molecule has 0 spiro atoms. The summed E-state index contributed by atoms with van der Waals surface area (Å²) in [5, 5.41) is 22.6. The van der Waals surface area contributed by atoms with E-state index < -0.39 is 5.97 Å². The second kappa shape index (κ2) is 9.59. The van der Waals surface area contributed by atoms with Gasteiger partial charge in [-0.15, -0.1) is 0 Å². The molecular formula is C29H24N2O4S. The zero-order valence-electron chi connectivity index (χ0n) is 19.9. The molecule has 1 aromatic heterocycles. The molecule has 0 radical (unpaired) electrons. The summed E-state index contributed by atoms with van der Waals surface area (Å²) in [6, 6.07) is 20.4. The summed E-state index contributed by atoms with van der Waals surface area (Å²) in [4.78, 5) is 30.2. The molecule has 0 saturated carbocycles. The van der Waals surface area contributed by atoms with Crippen LogP contribution in [-0.2, 0) is 6.42 Å². The first-order valence-corrected chi connectivity index (χ1v) is 12.5. The van der Waals surface area contributed by atoms with Gasteiger partial charge in [-0.3, -0.25) is 10.1 Å². The Morgan fingerprint density at radius 1 is 1.11 bits per heavy atom. The fraction of sp³-hybridized carbons (Fsp3) is 0.172. The van der Waals surface area contributed by atoms with Gasteiger partial charge in [0.1, 0.15) is 0 Å². The SMILES string of the molecule is Cc1ccc(Sc2ccc(/C=C3\CC(C)Cc4c3nc3ccccc3c4C(=O)O)cc2[N+](=O)[O-])cc1. The van der Waals surface area contributed by atoms with Crippen LogP contribution in [0, 0.1) is 23.0 Å². The summed E-state index contributed by atoms with van der Waals surface area (Å²) >= 11 is 1.36. The zero-order valence-corrected chi connectivity index (χ0v) is 20.7. The van der Waals surface area contributed by atoms with Gasteiger partial charge >= 0.3 is 5.97 Å².